The monoisotopic (exact) mass is 523 g/mol. The van der Waals surface area contributed by atoms with Crippen LogP contribution in [0, 0.1) is 0 Å². The molecule has 0 saturated heterocycles. The SMILES string of the molecule is CCCCNC(=O)[C@H](CC)N(Cc1cccc(OC)c1)C(=O)CN(c1ccccc1Cl)S(C)(=O)=O. The van der Waals surface area contributed by atoms with Crippen LogP contribution in [0.25, 0.3) is 0 Å². The number of unbranched alkanes of at least 4 members (excludes halogenated alkanes) is 1. The van der Waals surface area contributed by atoms with Crippen molar-refractivity contribution in [2.75, 3.05) is 30.8 Å². The van der Waals surface area contributed by atoms with Gasteiger partial charge in [-0.25, -0.2) is 8.42 Å². The van der Waals surface area contributed by atoms with Crippen LogP contribution in [0.2, 0.25) is 5.02 Å². The summed E-state index contributed by atoms with van der Waals surface area (Å²) in [5.41, 5.74) is 0.952. The Kier molecular flexibility index (Phi) is 10.9. The lowest BCUT2D eigenvalue weighted by Crippen LogP contribution is -2.52. The van der Waals surface area contributed by atoms with E-state index in [9.17, 15) is 18.0 Å². The maximum absolute atomic E-state index is 13.6. The van der Waals surface area contributed by atoms with Crippen molar-refractivity contribution < 1.29 is 22.7 Å². The Morgan fingerprint density at radius 3 is 2.43 bits per heavy atom. The molecule has 1 atom stereocenters. The first-order valence-electron chi connectivity index (χ1n) is 11.5. The van der Waals surface area contributed by atoms with Crippen LogP contribution < -0.4 is 14.4 Å². The van der Waals surface area contributed by atoms with Gasteiger partial charge in [0.05, 0.1) is 24.1 Å². The molecule has 8 nitrogen and oxygen atoms in total. The van der Waals surface area contributed by atoms with E-state index in [0.717, 1.165) is 29.0 Å². The Morgan fingerprint density at radius 2 is 1.83 bits per heavy atom. The number of carbonyl (C=O) groups is 2. The van der Waals surface area contributed by atoms with Gasteiger partial charge in [-0.3, -0.25) is 13.9 Å². The van der Waals surface area contributed by atoms with Crippen LogP contribution >= 0.6 is 11.6 Å². The topological polar surface area (TPSA) is 96.0 Å². The molecule has 0 heterocycles. The highest BCUT2D eigenvalue weighted by Gasteiger charge is 2.32. The molecule has 0 aliphatic carbocycles. The number of methoxy groups -OCH3 is 1. The molecule has 0 aromatic heterocycles. The zero-order valence-electron chi connectivity index (χ0n) is 20.7. The molecule has 10 heteroatoms. The number of halogens is 1. The standard InChI is InChI=1S/C25H34ClN3O5S/c1-5-7-15-27-25(31)22(6-2)28(17-19-11-10-12-20(16-19)34-3)24(30)18-29(35(4,32)33)23-14-9-8-13-21(23)26/h8-14,16,22H,5-7,15,17-18H2,1-4H3,(H,27,31)/t22-/m0/s1. The van der Waals surface area contributed by atoms with E-state index >= 15 is 0 Å². The predicted molar refractivity (Wildman–Crippen MR) is 139 cm³/mol. The summed E-state index contributed by atoms with van der Waals surface area (Å²) in [5, 5.41) is 3.10. The molecular weight excluding hydrogens is 490 g/mol. The summed E-state index contributed by atoms with van der Waals surface area (Å²) >= 11 is 6.25. The number of para-hydroxylation sites is 1. The first kappa shape index (κ1) is 28.5. The van der Waals surface area contributed by atoms with Crippen molar-refractivity contribution in [2.45, 2.75) is 45.7 Å². The normalized spacial score (nSPS) is 12.0. The Bertz CT molecular complexity index is 1110. The molecule has 0 bridgehead atoms. The van der Waals surface area contributed by atoms with Gasteiger partial charge in [-0.05, 0) is 42.7 Å². The molecule has 0 aliphatic heterocycles. The van der Waals surface area contributed by atoms with Crippen molar-refractivity contribution in [3.05, 3.63) is 59.1 Å². The number of hydrogen-bond donors (Lipinski definition) is 1. The molecule has 192 valence electrons. The van der Waals surface area contributed by atoms with Crippen molar-refractivity contribution in [3.63, 3.8) is 0 Å². The van der Waals surface area contributed by atoms with Crippen LogP contribution in [0.4, 0.5) is 5.69 Å². The van der Waals surface area contributed by atoms with Gasteiger partial charge in [-0.15, -0.1) is 0 Å². The van der Waals surface area contributed by atoms with E-state index in [0.29, 0.717) is 18.7 Å². The van der Waals surface area contributed by atoms with Gasteiger partial charge in [0.25, 0.3) is 0 Å². The molecule has 2 aromatic carbocycles. The molecular formula is C25H34ClN3O5S. The van der Waals surface area contributed by atoms with Gasteiger partial charge in [0.2, 0.25) is 21.8 Å². The van der Waals surface area contributed by atoms with E-state index in [4.69, 9.17) is 16.3 Å². The number of rotatable bonds is 13. The fourth-order valence-electron chi connectivity index (χ4n) is 3.64. The second-order valence-electron chi connectivity index (χ2n) is 8.16. The highest BCUT2D eigenvalue weighted by Crippen LogP contribution is 2.27. The Hall–Kier alpha value is -2.78. The van der Waals surface area contributed by atoms with E-state index in [-0.39, 0.29) is 23.2 Å². The van der Waals surface area contributed by atoms with Gasteiger partial charge in [0, 0.05) is 13.1 Å². The molecule has 0 aliphatic rings. The largest absolute Gasteiger partial charge is 0.497 e. The number of nitrogens with one attached hydrogen (secondary N) is 1. The molecule has 2 rings (SSSR count). The first-order chi connectivity index (χ1) is 16.6. The number of nitrogens with zero attached hydrogens (tertiary/aromatic N) is 2. The molecule has 2 aromatic rings. The fraction of sp³-hybridized carbons (Fsp3) is 0.440. The van der Waals surface area contributed by atoms with Gasteiger partial charge < -0.3 is 15.0 Å². The second kappa shape index (κ2) is 13.3. The van der Waals surface area contributed by atoms with Crippen LogP contribution in [0.1, 0.15) is 38.7 Å². The third kappa shape index (κ3) is 8.14. The molecule has 0 spiro atoms. The Morgan fingerprint density at radius 1 is 1.11 bits per heavy atom. The van der Waals surface area contributed by atoms with Crippen LogP contribution in [0.3, 0.4) is 0 Å². The maximum Gasteiger partial charge on any atom is 0.244 e. The Balaban J connectivity index is 2.43. The van der Waals surface area contributed by atoms with E-state index in [1.165, 1.54) is 11.0 Å². The lowest BCUT2D eigenvalue weighted by Gasteiger charge is -2.33. The lowest BCUT2D eigenvalue weighted by atomic mass is 10.1. The summed E-state index contributed by atoms with van der Waals surface area (Å²) in [6, 6.07) is 12.8. The third-order valence-corrected chi connectivity index (χ3v) is 6.95. The second-order valence-corrected chi connectivity index (χ2v) is 10.5. The number of ether oxygens (including phenoxy) is 1. The van der Waals surface area contributed by atoms with Crippen molar-refractivity contribution in [1.82, 2.24) is 10.2 Å². The molecule has 0 radical (unpaired) electrons. The number of hydrogen-bond acceptors (Lipinski definition) is 5. The fourth-order valence-corrected chi connectivity index (χ4v) is 4.79. The minimum Gasteiger partial charge on any atom is -0.497 e. The maximum atomic E-state index is 13.6. The van der Waals surface area contributed by atoms with Crippen molar-refractivity contribution >= 4 is 39.1 Å². The van der Waals surface area contributed by atoms with E-state index < -0.39 is 28.5 Å². The van der Waals surface area contributed by atoms with Gasteiger partial charge >= 0.3 is 0 Å². The molecule has 0 unspecified atom stereocenters. The van der Waals surface area contributed by atoms with Crippen LogP contribution in [0.5, 0.6) is 5.75 Å². The first-order valence-corrected chi connectivity index (χ1v) is 13.8. The van der Waals surface area contributed by atoms with Gasteiger partial charge in [-0.2, -0.15) is 0 Å². The minimum atomic E-state index is -3.84. The summed E-state index contributed by atoms with van der Waals surface area (Å²) < 4.78 is 31.5. The highest BCUT2D eigenvalue weighted by molar-refractivity contribution is 7.92. The molecule has 1 N–H and O–H groups in total. The average Bonchev–Trinajstić information content (AvgIpc) is 2.82. The molecule has 0 saturated carbocycles. The van der Waals surface area contributed by atoms with Gasteiger partial charge in [0.15, 0.2) is 0 Å². The number of sulfonamides is 1. The lowest BCUT2D eigenvalue weighted by molar-refractivity contribution is -0.140. The van der Waals surface area contributed by atoms with E-state index in [2.05, 4.69) is 5.32 Å². The summed E-state index contributed by atoms with van der Waals surface area (Å²) in [4.78, 5) is 28.1. The summed E-state index contributed by atoms with van der Waals surface area (Å²) in [6.45, 7) is 3.96. The summed E-state index contributed by atoms with van der Waals surface area (Å²) in [7, 11) is -2.29. The highest BCUT2D eigenvalue weighted by atomic mass is 35.5. The minimum absolute atomic E-state index is 0.107. The number of anilines is 1. The number of carbonyl (C=O) groups excluding carboxylic acids is 2. The summed E-state index contributed by atoms with van der Waals surface area (Å²) in [6.07, 6.45) is 3.12. The third-order valence-electron chi connectivity index (χ3n) is 5.50. The van der Waals surface area contributed by atoms with Crippen molar-refractivity contribution in [2.24, 2.45) is 0 Å². The Labute approximate surface area is 213 Å². The molecule has 35 heavy (non-hydrogen) atoms. The van der Waals surface area contributed by atoms with Gasteiger partial charge in [-0.1, -0.05) is 56.1 Å². The predicted octanol–water partition coefficient (Wildman–Crippen LogP) is 3.84. The molecule has 0 fully saturated rings. The van der Waals surface area contributed by atoms with Gasteiger partial charge in [0.1, 0.15) is 18.3 Å². The zero-order chi connectivity index (χ0) is 26.0. The quantitative estimate of drug-likeness (QED) is 0.402. The number of benzene rings is 2. The van der Waals surface area contributed by atoms with E-state index in [1.807, 2.05) is 19.9 Å². The zero-order valence-corrected chi connectivity index (χ0v) is 22.2. The van der Waals surface area contributed by atoms with Crippen molar-refractivity contribution in [3.8, 4) is 5.75 Å². The smallest absolute Gasteiger partial charge is 0.244 e. The van der Waals surface area contributed by atoms with Crippen LogP contribution in [-0.4, -0.2) is 57.6 Å². The van der Waals surface area contributed by atoms with Crippen LogP contribution in [0.15, 0.2) is 48.5 Å². The molecule has 2 amide bonds. The summed E-state index contributed by atoms with van der Waals surface area (Å²) in [5.74, 6) is -0.180. The van der Waals surface area contributed by atoms with E-state index in [1.54, 1.807) is 43.5 Å². The average molecular weight is 524 g/mol. The number of amides is 2. The van der Waals surface area contributed by atoms with Crippen molar-refractivity contribution in [1.29, 1.82) is 0 Å². The van der Waals surface area contributed by atoms with Crippen LogP contribution in [-0.2, 0) is 26.2 Å².